The van der Waals surface area contributed by atoms with E-state index in [9.17, 15) is 14.4 Å². The Labute approximate surface area is 103 Å². The van der Waals surface area contributed by atoms with Crippen molar-refractivity contribution in [3.8, 4) is 17.6 Å². The third-order valence-electron chi connectivity index (χ3n) is 1.77. The summed E-state index contributed by atoms with van der Waals surface area (Å²) in [5, 5.41) is 8.52. The van der Waals surface area contributed by atoms with E-state index in [0.29, 0.717) is 0 Å². The Morgan fingerprint density at radius 3 is 1.78 bits per heavy atom. The lowest BCUT2D eigenvalue weighted by atomic mass is 10.1. The molecule has 0 aliphatic carbocycles. The summed E-state index contributed by atoms with van der Waals surface area (Å²) in [6.07, 6.45) is 0. The predicted octanol–water partition coefficient (Wildman–Crippen LogP) is 1.24. The monoisotopic (exact) mass is 247 g/mol. The van der Waals surface area contributed by atoms with Crippen LogP contribution in [0.4, 0.5) is 0 Å². The Morgan fingerprint density at radius 2 is 1.44 bits per heavy atom. The highest BCUT2D eigenvalue weighted by atomic mass is 16.5. The van der Waals surface area contributed by atoms with Gasteiger partial charge in [0, 0.05) is 25.5 Å². The molecule has 0 saturated carbocycles. The number of esters is 2. The maximum Gasteiger partial charge on any atom is 0.308 e. The fourth-order valence-electron chi connectivity index (χ4n) is 1.22. The first-order chi connectivity index (χ1) is 8.42. The van der Waals surface area contributed by atoms with E-state index < -0.39 is 17.7 Å². The third-order valence-corrected chi connectivity index (χ3v) is 1.77. The summed E-state index contributed by atoms with van der Waals surface area (Å²) >= 11 is 0. The molecule has 0 spiro atoms. The van der Waals surface area contributed by atoms with Crippen LogP contribution in [0.25, 0.3) is 0 Å². The zero-order chi connectivity index (χ0) is 13.7. The maximum absolute atomic E-state index is 11.2. The molecular weight excluding hydrogens is 238 g/mol. The standard InChI is InChI=1S/C12H9NO5/c1-7(14)17-10-3-9(12(16)6-13)4-11(5-10)18-8(2)15/h3-5H,1-2H3. The van der Waals surface area contributed by atoms with E-state index in [-0.39, 0.29) is 17.1 Å². The number of nitriles is 1. The SMILES string of the molecule is CC(=O)Oc1cc(OC(C)=O)cc(C(=O)C#N)c1. The largest absolute Gasteiger partial charge is 0.427 e. The lowest BCUT2D eigenvalue weighted by Gasteiger charge is -2.06. The highest BCUT2D eigenvalue weighted by molar-refractivity contribution is 6.08. The molecule has 1 aromatic carbocycles. The van der Waals surface area contributed by atoms with Gasteiger partial charge in [0.15, 0.2) is 0 Å². The number of ketones is 1. The molecule has 18 heavy (non-hydrogen) atoms. The number of rotatable bonds is 3. The summed E-state index contributed by atoms with van der Waals surface area (Å²) in [5.41, 5.74) is -0.0208. The third kappa shape index (κ3) is 3.72. The van der Waals surface area contributed by atoms with Crippen molar-refractivity contribution in [2.45, 2.75) is 13.8 Å². The molecule has 0 bridgehead atoms. The van der Waals surface area contributed by atoms with E-state index in [2.05, 4.69) is 0 Å². The lowest BCUT2D eigenvalue weighted by Crippen LogP contribution is -2.06. The second kappa shape index (κ2) is 5.59. The second-order valence-corrected chi connectivity index (χ2v) is 3.32. The van der Waals surface area contributed by atoms with Crippen LogP contribution < -0.4 is 9.47 Å². The van der Waals surface area contributed by atoms with Gasteiger partial charge in [-0.05, 0) is 12.1 Å². The summed E-state index contributed by atoms with van der Waals surface area (Å²) in [6.45, 7) is 2.37. The number of carbonyl (C=O) groups excluding carboxylic acids is 3. The molecule has 6 nitrogen and oxygen atoms in total. The Morgan fingerprint density at radius 1 is 1.00 bits per heavy atom. The van der Waals surface area contributed by atoms with Crippen LogP contribution in [0, 0.1) is 11.3 Å². The molecule has 0 amide bonds. The first-order valence-corrected chi connectivity index (χ1v) is 4.88. The second-order valence-electron chi connectivity index (χ2n) is 3.32. The highest BCUT2D eigenvalue weighted by Gasteiger charge is 2.11. The summed E-state index contributed by atoms with van der Waals surface area (Å²) in [6, 6.07) is 5.14. The molecule has 0 aromatic heterocycles. The predicted molar refractivity (Wildman–Crippen MR) is 59.0 cm³/mol. The van der Waals surface area contributed by atoms with Gasteiger partial charge in [0.25, 0.3) is 5.78 Å². The lowest BCUT2D eigenvalue weighted by molar-refractivity contribution is -0.132. The number of Topliss-reactive ketones (excluding diaryl/α,β-unsaturated/α-hetero) is 1. The average molecular weight is 247 g/mol. The minimum Gasteiger partial charge on any atom is -0.427 e. The highest BCUT2D eigenvalue weighted by Crippen LogP contribution is 2.23. The van der Waals surface area contributed by atoms with Gasteiger partial charge in [0.05, 0.1) is 0 Å². The van der Waals surface area contributed by atoms with Crippen LogP contribution in [-0.4, -0.2) is 17.7 Å². The van der Waals surface area contributed by atoms with Crippen LogP contribution >= 0.6 is 0 Å². The maximum atomic E-state index is 11.2. The van der Waals surface area contributed by atoms with Gasteiger partial charge in [0.1, 0.15) is 17.6 Å². The summed E-state index contributed by atoms with van der Waals surface area (Å²) in [4.78, 5) is 32.9. The van der Waals surface area contributed by atoms with Crippen molar-refractivity contribution in [3.63, 3.8) is 0 Å². The van der Waals surface area contributed by atoms with Gasteiger partial charge < -0.3 is 9.47 Å². The van der Waals surface area contributed by atoms with E-state index in [0.717, 1.165) is 0 Å². The van der Waals surface area contributed by atoms with Crippen molar-refractivity contribution < 1.29 is 23.9 Å². The zero-order valence-electron chi connectivity index (χ0n) is 9.72. The van der Waals surface area contributed by atoms with Gasteiger partial charge in [-0.15, -0.1) is 0 Å². The van der Waals surface area contributed by atoms with E-state index >= 15 is 0 Å². The first kappa shape index (κ1) is 13.4. The molecule has 0 heterocycles. The number of ether oxygens (including phenoxy) is 2. The normalized spacial score (nSPS) is 9.17. The molecule has 1 rings (SSSR count). The molecule has 0 N–H and O–H groups in total. The number of nitrogens with zero attached hydrogens (tertiary/aromatic N) is 1. The van der Waals surface area contributed by atoms with Crippen molar-refractivity contribution >= 4 is 17.7 Å². The van der Waals surface area contributed by atoms with E-state index in [1.165, 1.54) is 38.1 Å². The van der Waals surface area contributed by atoms with Crippen LogP contribution in [0.3, 0.4) is 0 Å². The molecule has 92 valence electrons. The molecule has 6 heteroatoms. The zero-order valence-corrected chi connectivity index (χ0v) is 9.72. The van der Waals surface area contributed by atoms with E-state index in [4.69, 9.17) is 14.7 Å². The Kier molecular flexibility index (Phi) is 4.16. The van der Waals surface area contributed by atoms with Crippen molar-refractivity contribution in [2.24, 2.45) is 0 Å². The molecule has 0 saturated heterocycles. The molecule has 0 fully saturated rings. The van der Waals surface area contributed by atoms with Gasteiger partial charge >= 0.3 is 11.9 Å². The van der Waals surface area contributed by atoms with Gasteiger partial charge in [-0.3, -0.25) is 14.4 Å². The smallest absolute Gasteiger partial charge is 0.308 e. The Hall–Kier alpha value is -2.68. The minimum atomic E-state index is -0.822. The Bertz CT molecular complexity index is 522. The molecule has 1 aromatic rings. The van der Waals surface area contributed by atoms with Gasteiger partial charge in [0.2, 0.25) is 0 Å². The van der Waals surface area contributed by atoms with Crippen molar-refractivity contribution in [2.75, 3.05) is 0 Å². The quantitative estimate of drug-likeness (QED) is 0.345. The molecule has 0 radical (unpaired) electrons. The fourth-order valence-corrected chi connectivity index (χ4v) is 1.22. The van der Waals surface area contributed by atoms with Gasteiger partial charge in [-0.25, -0.2) is 0 Å². The van der Waals surface area contributed by atoms with Crippen molar-refractivity contribution in [1.29, 1.82) is 5.26 Å². The van der Waals surface area contributed by atoms with Crippen LogP contribution in [0.15, 0.2) is 18.2 Å². The van der Waals surface area contributed by atoms with E-state index in [1.54, 1.807) is 0 Å². The van der Waals surface area contributed by atoms with Crippen LogP contribution in [0.1, 0.15) is 24.2 Å². The van der Waals surface area contributed by atoms with Gasteiger partial charge in [-0.2, -0.15) is 5.26 Å². The van der Waals surface area contributed by atoms with Crippen LogP contribution in [-0.2, 0) is 9.59 Å². The average Bonchev–Trinajstić information content (AvgIpc) is 2.25. The van der Waals surface area contributed by atoms with Gasteiger partial charge in [-0.1, -0.05) is 0 Å². The van der Waals surface area contributed by atoms with Crippen molar-refractivity contribution in [1.82, 2.24) is 0 Å². The molecule has 0 atom stereocenters. The summed E-state index contributed by atoms with van der Waals surface area (Å²) < 4.78 is 9.56. The number of hydrogen-bond donors (Lipinski definition) is 0. The van der Waals surface area contributed by atoms with E-state index in [1.807, 2.05) is 0 Å². The van der Waals surface area contributed by atoms with Crippen LogP contribution in [0.2, 0.25) is 0 Å². The number of benzene rings is 1. The molecular formula is C12H9NO5. The molecule has 0 aliphatic rings. The fraction of sp³-hybridized carbons (Fsp3) is 0.167. The molecule has 0 aliphatic heterocycles. The topological polar surface area (TPSA) is 93.5 Å². The summed E-state index contributed by atoms with van der Waals surface area (Å²) in [7, 11) is 0. The summed E-state index contributed by atoms with van der Waals surface area (Å²) in [5.74, 6) is -1.95. The number of hydrogen-bond acceptors (Lipinski definition) is 6. The molecule has 0 unspecified atom stereocenters. The number of carbonyl (C=O) groups is 3. The Balaban J connectivity index is 3.19. The minimum absolute atomic E-state index is 0.0208. The first-order valence-electron chi connectivity index (χ1n) is 4.88. The van der Waals surface area contributed by atoms with Crippen LogP contribution in [0.5, 0.6) is 11.5 Å². The van der Waals surface area contributed by atoms with Crippen molar-refractivity contribution in [3.05, 3.63) is 23.8 Å².